The molecule has 0 unspecified atom stereocenters. The van der Waals surface area contributed by atoms with Crippen molar-refractivity contribution in [1.82, 2.24) is 14.2 Å². The van der Waals surface area contributed by atoms with E-state index in [-0.39, 0.29) is 19.1 Å². The first kappa shape index (κ1) is 22.9. The Hall–Kier alpha value is -2.88. The van der Waals surface area contributed by atoms with Crippen molar-refractivity contribution in [2.75, 3.05) is 39.6 Å². The van der Waals surface area contributed by atoms with Crippen molar-refractivity contribution in [3.63, 3.8) is 0 Å². The highest BCUT2D eigenvalue weighted by molar-refractivity contribution is 7.88. The number of hydrogen-bond donors (Lipinski definition) is 2. The average Bonchev–Trinajstić information content (AvgIpc) is 3.23. The van der Waals surface area contributed by atoms with Gasteiger partial charge in [0.1, 0.15) is 5.75 Å². The molecule has 9 heteroatoms. The number of amides is 1. The van der Waals surface area contributed by atoms with Crippen LogP contribution in [0, 0.1) is 0 Å². The van der Waals surface area contributed by atoms with Gasteiger partial charge in [0, 0.05) is 53.3 Å². The van der Waals surface area contributed by atoms with Gasteiger partial charge in [-0.15, -0.1) is 0 Å². The second-order valence-corrected chi connectivity index (χ2v) is 11.2. The molecule has 34 heavy (non-hydrogen) atoms. The number of aliphatic hydroxyl groups is 1. The highest BCUT2D eigenvalue weighted by Crippen LogP contribution is 2.49. The van der Waals surface area contributed by atoms with Crippen LogP contribution in [0.15, 0.2) is 48.5 Å². The zero-order chi connectivity index (χ0) is 24.1. The highest BCUT2D eigenvalue weighted by atomic mass is 32.2. The van der Waals surface area contributed by atoms with Gasteiger partial charge in [-0.1, -0.05) is 18.2 Å². The van der Waals surface area contributed by atoms with Gasteiger partial charge >= 0.3 is 0 Å². The van der Waals surface area contributed by atoms with Crippen molar-refractivity contribution < 1.29 is 23.1 Å². The minimum atomic E-state index is -3.58. The molecule has 2 aromatic carbocycles. The van der Waals surface area contributed by atoms with Crippen molar-refractivity contribution in [3.8, 4) is 5.75 Å². The number of aromatic nitrogens is 1. The molecule has 3 heterocycles. The minimum Gasteiger partial charge on any atom is -0.497 e. The highest BCUT2D eigenvalue weighted by Gasteiger charge is 2.50. The summed E-state index contributed by atoms with van der Waals surface area (Å²) in [5, 5.41) is 11.2. The van der Waals surface area contributed by atoms with E-state index in [1.54, 1.807) is 7.11 Å². The summed E-state index contributed by atoms with van der Waals surface area (Å²) in [5.74, 6) is 0.687. The maximum atomic E-state index is 13.0. The van der Waals surface area contributed by atoms with E-state index in [4.69, 9.17) is 4.74 Å². The van der Waals surface area contributed by atoms with Crippen molar-refractivity contribution >= 4 is 26.8 Å². The summed E-state index contributed by atoms with van der Waals surface area (Å²) < 4.78 is 32.4. The van der Waals surface area contributed by atoms with E-state index in [9.17, 15) is 18.3 Å². The normalized spacial score (nSPS) is 20.4. The van der Waals surface area contributed by atoms with Crippen LogP contribution in [0.3, 0.4) is 0 Å². The number of rotatable bonds is 4. The van der Waals surface area contributed by atoms with Gasteiger partial charge < -0.3 is 19.7 Å². The molecule has 0 radical (unpaired) electrons. The lowest BCUT2D eigenvalue weighted by molar-refractivity contribution is 0.0601. The number of hydrogen-bond acceptors (Lipinski definition) is 5. The lowest BCUT2D eigenvalue weighted by Gasteiger charge is -2.49. The number of nitrogens with zero attached hydrogens (tertiary/aromatic N) is 2. The van der Waals surface area contributed by atoms with E-state index in [0.29, 0.717) is 37.2 Å². The van der Waals surface area contributed by atoms with Crippen LogP contribution in [0.1, 0.15) is 40.5 Å². The maximum absolute atomic E-state index is 13.0. The number of fused-ring (bicyclic) bond motifs is 4. The molecule has 0 saturated carbocycles. The van der Waals surface area contributed by atoms with E-state index < -0.39 is 21.5 Å². The fourth-order valence-electron chi connectivity index (χ4n) is 5.62. The number of nitrogens with one attached hydrogen (secondary N) is 1. The van der Waals surface area contributed by atoms with Crippen LogP contribution in [0.5, 0.6) is 5.75 Å². The van der Waals surface area contributed by atoms with Gasteiger partial charge in [-0.25, -0.2) is 8.42 Å². The lowest BCUT2D eigenvalue weighted by atomic mass is 9.69. The van der Waals surface area contributed by atoms with Gasteiger partial charge in [-0.3, -0.25) is 4.79 Å². The van der Waals surface area contributed by atoms with Crippen LogP contribution in [-0.2, 0) is 15.4 Å². The Morgan fingerprint density at radius 3 is 2.50 bits per heavy atom. The molecular weight excluding hydrogens is 454 g/mol. The van der Waals surface area contributed by atoms with Crippen molar-refractivity contribution in [3.05, 3.63) is 65.4 Å². The predicted octanol–water partition coefficient (Wildman–Crippen LogP) is 2.66. The van der Waals surface area contributed by atoms with Gasteiger partial charge in [-0.2, -0.15) is 4.31 Å². The third kappa shape index (κ3) is 3.68. The van der Waals surface area contributed by atoms with Crippen molar-refractivity contribution in [1.29, 1.82) is 0 Å². The van der Waals surface area contributed by atoms with Crippen LogP contribution in [0.4, 0.5) is 0 Å². The topological polar surface area (TPSA) is 103 Å². The molecular formula is C25H29N3O5S. The monoisotopic (exact) mass is 483 g/mol. The van der Waals surface area contributed by atoms with E-state index in [1.807, 2.05) is 53.4 Å². The van der Waals surface area contributed by atoms with Crippen molar-refractivity contribution in [2.45, 2.75) is 24.3 Å². The van der Waals surface area contributed by atoms with E-state index in [0.717, 1.165) is 22.2 Å². The standard InChI is InChI=1S/C25H29N3O5S/c1-33-18-8-9-19-20(14-18)26-23-21(15-29)28(34(2,31)32)16-25(22(19)23)10-12-27(13-11-25)24(30)17-6-4-3-5-7-17/h3-9,14,21,26,29H,10-13,15-16H2,1-2H3/t21-/m0/s1. The Bertz CT molecular complexity index is 1330. The second-order valence-electron chi connectivity index (χ2n) is 9.27. The Kier molecular flexibility index (Phi) is 5.66. The number of sulfonamides is 1. The zero-order valence-electron chi connectivity index (χ0n) is 19.3. The fourth-order valence-corrected chi connectivity index (χ4v) is 6.73. The van der Waals surface area contributed by atoms with E-state index in [2.05, 4.69) is 4.98 Å². The van der Waals surface area contributed by atoms with Gasteiger partial charge in [0.15, 0.2) is 0 Å². The third-order valence-corrected chi connectivity index (χ3v) is 8.57. The summed E-state index contributed by atoms with van der Waals surface area (Å²) in [6.45, 7) is 1.00. The second kappa shape index (κ2) is 8.41. The average molecular weight is 484 g/mol. The molecule has 5 rings (SSSR count). The number of aliphatic hydroxyl groups excluding tert-OH is 1. The fraction of sp³-hybridized carbons (Fsp3) is 0.400. The summed E-state index contributed by atoms with van der Waals surface area (Å²) >= 11 is 0. The number of ether oxygens (including phenoxy) is 1. The molecule has 1 saturated heterocycles. The van der Waals surface area contributed by atoms with E-state index >= 15 is 0 Å². The number of benzene rings is 2. The van der Waals surface area contributed by atoms with Gasteiger partial charge in [0.05, 0.1) is 26.0 Å². The number of aromatic amines is 1. The lowest BCUT2D eigenvalue weighted by Crippen LogP contribution is -2.55. The minimum absolute atomic E-state index is 0.0108. The van der Waals surface area contributed by atoms with Gasteiger partial charge in [0.2, 0.25) is 10.0 Å². The first-order chi connectivity index (χ1) is 16.3. The third-order valence-electron chi connectivity index (χ3n) is 7.33. The number of carbonyl (C=O) groups excluding carboxylic acids is 1. The molecule has 2 aliphatic heterocycles. The Balaban J connectivity index is 1.58. The molecule has 0 bridgehead atoms. The molecule has 1 amide bonds. The number of piperidine rings is 1. The zero-order valence-corrected chi connectivity index (χ0v) is 20.1. The van der Waals surface area contributed by atoms with Gasteiger partial charge in [0.25, 0.3) is 5.91 Å². The first-order valence-electron chi connectivity index (χ1n) is 11.4. The SMILES string of the molecule is COc1ccc2c3c([nH]c2c1)[C@H](CO)N(S(C)(=O)=O)CC31CCN(C(=O)c2ccccc2)CC1. The Labute approximate surface area is 199 Å². The van der Waals surface area contributed by atoms with Gasteiger partial charge in [-0.05, 0) is 42.7 Å². The summed E-state index contributed by atoms with van der Waals surface area (Å²) in [6, 6.07) is 14.3. The number of likely N-dealkylation sites (tertiary alicyclic amines) is 1. The molecule has 1 atom stereocenters. The maximum Gasteiger partial charge on any atom is 0.253 e. The molecule has 8 nitrogen and oxygen atoms in total. The summed E-state index contributed by atoms with van der Waals surface area (Å²) in [7, 11) is -1.98. The molecule has 2 aliphatic rings. The van der Waals surface area contributed by atoms with Crippen LogP contribution in [-0.4, -0.2) is 73.2 Å². The molecule has 2 N–H and O–H groups in total. The van der Waals surface area contributed by atoms with E-state index in [1.165, 1.54) is 10.6 Å². The number of carbonyl (C=O) groups is 1. The molecule has 0 aliphatic carbocycles. The summed E-state index contributed by atoms with van der Waals surface area (Å²) in [4.78, 5) is 18.3. The molecule has 180 valence electrons. The van der Waals surface area contributed by atoms with Crippen LogP contribution in [0.25, 0.3) is 10.9 Å². The summed E-state index contributed by atoms with van der Waals surface area (Å²) in [6.07, 6.45) is 2.44. The van der Waals surface area contributed by atoms with Crippen LogP contribution >= 0.6 is 0 Å². The smallest absolute Gasteiger partial charge is 0.253 e. The molecule has 1 aromatic heterocycles. The Morgan fingerprint density at radius 2 is 1.88 bits per heavy atom. The molecule has 1 fully saturated rings. The van der Waals surface area contributed by atoms with Crippen LogP contribution in [0.2, 0.25) is 0 Å². The van der Waals surface area contributed by atoms with Crippen molar-refractivity contribution in [2.24, 2.45) is 0 Å². The predicted molar refractivity (Wildman–Crippen MR) is 129 cm³/mol. The number of H-pyrrole nitrogens is 1. The quantitative estimate of drug-likeness (QED) is 0.594. The molecule has 3 aromatic rings. The first-order valence-corrected chi connectivity index (χ1v) is 13.2. The summed E-state index contributed by atoms with van der Waals surface area (Å²) in [5.41, 5.74) is 2.81. The molecule has 1 spiro atoms. The largest absolute Gasteiger partial charge is 0.497 e. The van der Waals surface area contributed by atoms with Crippen LogP contribution < -0.4 is 4.74 Å². The Morgan fingerprint density at radius 1 is 1.18 bits per heavy atom. The number of methoxy groups -OCH3 is 1.